The molecule has 5 nitrogen and oxygen atoms in total. The van der Waals surface area contributed by atoms with Gasteiger partial charge in [0.25, 0.3) is 0 Å². The molecule has 3 atom stereocenters. The molecule has 1 aliphatic carbocycles. The molecule has 0 saturated heterocycles. The highest BCUT2D eigenvalue weighted by molar-refractivity contribution is 6.20. The van der Waals surface area contributed by atoms with Gasteiger partial charge < -0.3 is 10.4 Å². The molecule has 7 heteroatoms. The summed E-state index contributed by atoms with van der Waals surface area (Å²) in [6.45, 7) is 5.80. The second-order valence-electron chi connectivity index (χ2n) is 11.0. The smallest absolute Gasteiger partial charge is 0.303 e. The van der Waals surface area contributed by atoms with Crippen molar-refractivity contribution in [2.45, 2.75) is 82.9 Å². The first kappa shape index (κ1) is 29.7. The van der Waals surface area contributed by atoms with Gasteiger partial charge in [0.05, 0.1) is 12.3 Å². The first-order valence-corrected chi connectivity index (χ1v) is 14.6. The fourth-order valence-corrected chi connectivity index (χ4v) is 6.26. The summed E-state index contributed by atoms with van der Waals surface area (Å²) in [5, 5.41) is 12.4. The molecule has 1 aliphatic rings. The van der Waals surface area contributed by atoms with Crippen LogP contribution in [-0.2, 0) is 16.0 Å². The zero-order chi connectivity index (χ0) is 28.8. The number of alkyl halides is 1. The summed E-state index contributed by atoms with van der Waals surface area (Å²) in [6, 6.07) is 12.7. The van der Waals surface area contributed by atoms with Gasteiger partial charge in [0.2, 0.25) is 5.91 Å². The molecule has 1 aromatic heterocycles. The number of nitrogens with one attached hydrogen (secondary N) is 1. The van der Waals surface area contributed by atoms with Crippen LogP contribution in [0.25, 0.3) is 11.1 Å². The summed E-state index contributed by atoms with van der Waals surface area (Å²) in [6.07, 6.45) is 8.68. The van der Waals surface area contributed by atoms with Crippen molar-refractivity contribution in [1.82, 2.24) is 4.98 Å². The van der Waals surface area contributed by atoms with Gasteiger partial charge in [0.15, 0.2) is 0 Å². The van der Waals surface area contributed by atoms with Crippen LogP contribution in [0.5, 0.6) is 0 Å². The maximum atomic E-state index is 15.6. The number of nitrogens with zero attached hydrogens (tertiary/aromatic N) is 1. The monoisotopic (exact) mass is 564 g/mol. The van der Waals surface area contributed by atoms with E-state index in [4.69, 9.17) is 11.6 Å². The van der Waals surface area contributed by atoms with Gasteiger partial charge in [-0.3, -0.25) is 14.6 Å². The number of carboxylic acids is 1. The summed E-state index contributed by atoms with van der Waals surface area (Å²) >= 11 is 6.15. The Morgan fingerprint density at radius 1 is 1.15 bits per heavy atom. The second kappa shape index (κ2) is 13.4. The second-order valence-corrected chi connectivity index (χ2v) is 11.8. The van der Waals surface area contributed by atoms with Crippen molar-refractivity contribution in [2.24, 2.45) is 5.92 Å². The van der Waals surface area contributed by atoms with Crippen molar-refractivity contribution in [1.29, 1.82) is 0 Å². The normalized spacial score (nSPS) is 15.9. The van der Waals surface area contributed by atoms with Gasteiger partial charge in [-0.2, -0.15) is 0 Å². The Morgan fingerprint density at radius 2 is 1.90 bits per heavy atom. The SMILES string of the molecule is CCC(CC(=O)O)c1cccc(NC(=O)C(c2ccc(-c3cncc(CC(C)Cl)c3)c(F)c2)C2CCCC2)c1C. The van der Waals surface area contributed by atoms with E-state index in [0.29, 0.717) is 35.2 Å². The Labute approximate surface area is 241 Å². The van der Waals surface area contributed by atoms with Crippen LogP contribution in [0.3, 0.4) is 0 Å². The highest BCUT2D eigenvalue weighted by Gasteiger charge is 2.33. The molecule has 2 aromatic carbocycles. The number of pyridine rings is 1. The summed E-state index contributed by atoms with van der Waals surface area (Å²) in [4.78, 5) is 29.5. The van der Waals surface area contributed by atoms with Crippen molar-refractivity contribution in [3.63, 3.8) is 0 Å². The first-order valence-electron chi connectivity index (χ1n) is 14.2. The van der Waals surface area contributed by atoms with Crippen molar-refractivity contribution >= 4 is 29.2 Å². The van der Waals surface area contributed by atoms with Crippen molar-refractivity contribution in [3.05, 3.63) is 82.9 Å². The van der Waals surface area contributed by atoms with E-state index >= 15 is 4.39 Å². The lowest BCUT2D eigenvalue weighted by Crippen LogP contribution is -2.27. The Balaban J connectivity index is 1.63. The van der Waals surface area contributed by atoms with Crippen LogP contribution in [0.2, 0.25) is 0 Å². The van der Waals surface area contributed by atoms with E-state index < -0.39 is 11.9 Å². The standard InChI is InChI=1S/C33H38ClFN2O3/c1-4-23(17-31(38)39)27-10-7-11-30(21(27)3)37-33(40)32(24-8-5-6-9-24)25-12-13-28(29(35)16-25)26-15-22(14-20(2)34)18-36-19-26/h7,10-13,15-16,18-20,23-24,32H,4-6,8-9,14,17H2,1-3H3,(H,37,40)(H,38,39). The predicted molar refractivity (Wildman–Crippen MR) is 158 cm³/mol. The van der Waals surface area contributed by atoms with E-state index in [1.165, 1.54) is 6.07 Å². The quantitative estimate of drug-likeness (QED) is 0.230. The third-order valence-electron chi connectivity index (χ3n) is 8.12. The Hall–Kier alpha value is -3.25. The molecule has 0 radical (unpaired) electrons. The van der Waals surface area contributed by atoms with E-state index in [2.05, 4.69) is 10.3 Å². The number of carbonyl (C=O) groups is 2. The predicted octanol–water partition coefficient (Wildman–Crippen LogP) is 8.25. The van der Waals surface area contributed by atoms with Gasteiger partial charge in [0, 0.05) is 34.6 Å². The molecule has 40 heavy (non-hydrogen) atoms. The Morgan fingerprint density at radius 3 is 2.55 bits per heavy atom. The van der Waals surface area contributed by atoms with Gasteiger partial charge in [-0.1, -0.05) is 44.0 Å². The number of amides is 1. The van der Waals surface area contributed by atoms with Crippen molar-refractivity contribution < 1.29 is 19.1 Å². The maximum Gasteiger partial charge on any atom is 0.303 e. The molecule has 3 unspecified atom stereocenters. The van der Waals surface area contributed by atoms with E-state index in [0.717, 1.165) is 42.4 Å². The molecular formula is C33H38ClFN2O3. The molecule has 212 valence electrons. The van der Waals surface area contributed by atoms with E-state index in [-0.39, 0.29) is 35.4 Å². The van der Waals surface area contributed by atoms with Gasteiger partial charge in [-0.25, -0.2) is 4.39 Å². The molecule has 3 aromatic rings. The number of benzene rings is 2. The molecule has 1 amide bonds. The summed E-state index contributed by atoms with van der Waals surface area (Å²) in [5.74, 6) is -1.89. The minimum Gasteiger partial charge on any atom is -0.481 e. The number of rotatable bonds is 11. The maximum absolute atomic E-state index is 15.6. The van der Waals surface area contributed by atoms with Crippen LogP contribution in [0.15, 0.2) is 54.9 Å². The van der Waals surface area contributed by atoms with Crippen molar-refractivity contribution in [2.75, 3.05) is 5.32 Å². The zero-order valence-electron chi connectivity index (χ0n) is 23.4. The number of aromatic nitrogens is 1. The first-order chi connectivity index (χ1) is 19.2. The molecule has 1 saturated carbocycles. The van der Waals surface area contributed by atoms with Crippen LogP contribution >= 0.6 is 11.6 Å². The van der Waals surface area contributed by atoms with Crippen LogP contribution in [0, 0.1) is 18.7 Å². The van der Waals surface area contributed by atoms with Gasteiger partial charge in [-0.15, -0.1) is 11.6 Å². The minimum absolute atomic E-state index is 0.0361. The minimum atomic E-state index is -0.844. The van der Waals surface area contributed by atoms with E-state index in [1.807, 2.05) is 51.1 Å². The molecule has 0 spiro atoms. The fraction of sp³-hybridized carbons (Fsp3) is 0.424. The third kappa shape index (κ3) is 7.08. The number of carboxylic acid groups (broad SMARTS) is 1. The highest BCUT2D eigenvalue weighted by Crippen LogP contribution is 2.40. The number of hydrogen-bond donors (Lipinski definition) is 2. The lowest BCUT2D eigenvalue weighted by atomic mass is 9.83. The Kier molecular flexibility index (Phi) is 9.96. The molecular weight excluding hydrogens is 527 g/mol. The van der Waals surface area contributed by atoms with Crippen molar-refractivity contribution in [3.8, 4) is 11.1 Å². The Bertz CT molecular complexity index is 1350. The van der Waals surface area contributed by atoms with Crippen LogP contribution in [0.1, 0.15) is 86.5 Å². The number of aliphatic carboxylic acids is 1. The average molecular weight is 565 g/mol. The molecule has 1 heterocycles. The van der Waals surface area contributed by atoms with Crippen LogP contribution in [-0.4, -0.2) is 27.3 Å². The molecule has 0 bridgehead atoms. The van der Waals surface area contributed by atoms with E-state index in [1.54, 1.807) is 18.5 Å². The number of carbonyl (C=O) groups excluding carboxylic acids is 1. The van der Waals surface area contributed by atoms with Crippen LogP contribution < -0.4 is 5.32 Å². The fourth-order valence-electron chi connectivity index (χ4n) is 6.09. The number of hydrogen-bond acceptors (Lipinski definition) is 3. The summed E-state index contributed by atoms with van der Waals surface area (Å²) < 4.78 is 15.6. The lowest BCUT2D eigenvalue weighted by molar-refractivity contribution is -0.137. The molecule has 4 rings (SSSR count). The molecule has 2 N–H and O–H groups in total. The van der Waals surface area contributed by atoms with Gasteiger partial charge >= 0.3 is 5.97 Å². The summed E-state index contributed by atoms with van der Waals surface area (Å²) in [5.41, 5.74) is 5.19. The third-order valence-corrected chi connectivity index (χ3v) is 8.27. The highest BCUT2D eigenvalue weighted by atomic mass is 35.5. The van der Waals surface area contributed by atoms with Gasteiger partial charge in [0.1, 0.15) is 5.82 Å². The zero-order valence-corrected chi connectivity index (χ0v) is 24.2. The number of halogens is 2. The molecule has 1 fully saturated rings. The molecule has 0 aliphatic heterocycles. The largest absolute Gasteiger partial charge is 0.481 e. The van der Waals surface area contributed by atoms with E-state index in [9.17, 15) is 14.7 Å². The number of anilines is 1. The lowest BCUT2D eigenvalue weighted by Gasteiger charge is -2.25. The van der Waals surface area contributed by atoms with Crippen LogP contribution in [0.4, 0.5) is 10.1 Å². The topological polar surface area (TPSA) is 79.3 Å². The average Bonchev–Trinajstić information content (AvgIpc) is 3.43. The summed E-state index contributed by atoms with van der Waals surface area (Å²) in [7, 11) is 0. The van der Waals surface area contributed by atoms with Gasteiger partial charge in [-0.05, 0) is 91.8 Å².